The van der Waals surface area contributed by atoms with Crippen molar-refractivity contribution >= 4 is 39.1 Å². The number of carbonyl (C=O) groups is 2. The Morgan fingerprint density at radius 2 is 1.72 bits per heavy atom. The maximum Gasteiger partial charge on any atom is 0.244 e. The van der Waals surface area contributed by atoms with Gasteiger partial charge in [0, 0.05) is 23.2 Å². The van der Waals surface area contributed by atoms with Crippen molar-refractivity contribution in [1.82, 2.24) is 10.2 Å². The minimum Gasteiger partial charge on any atom is -0.454 e. The number of nitrogens with zero attached hydrogens (tertiary/aromatic N) is 2. The number of carbonyl (C=O) groups excluding carboxylic acids is 2. The van der Waals surface area contributed by atoms with Crippen LogP contribution in [0.5, 0.6) is 11.5 Å². The first kappa shape index (κ1) is 27.6. The van der Waals surface area contributed by atoms with Crippen LogP contribution < -0.4 is 19.1 Å². The summed E-state index contributed by atoms with van der Waals surface area (Å²) in [6.45, 7) is 7.01. The molecule has 9 nitrogen and oxygen atoms in total. The third-order valence-electron chi connectivity index (χ3n) is 5.47. The minimum atomic E-state index is -3.85. The Kier molecular flexibility index (Phi) is 8.40. The van der Waals surface area contributed by atoms with E-state index in [0.717, 1.165) is 16.1 Å². The molecular weight excluding hydrogens is 506 g/mol. The molecule has 0 aromatic heterocycles. The molecule has 0 fully saturated rings. The molecule has 0 unspecified atom stereocenters. The van der Waals surface area contributed by atoms with Crippen LogP contribution in [0.2, 0.25) is 5.02 Å². The van der Waals surface area contributed by atoms with Gasteiger partial charge >= 0.3 is 0 Å². The number of hydrogen-bond acceptors (Lipinski definition) is 6. The van der Waals surface area contributed by atoms with Gasteiger partial charge in [-0.2, -0.15) is 0 Å². The summed E-state index contributed by atoms with van der Waals surface area (Å²) < 4.78 is 37.2. The van der Waals surface area contributed by atoms with E-state index in [2.05, 4.69) is 5.32 Å². The molecule has 3 rings (SSSR count). The second-order valence-electron chi connectivity index (χ2n) is 9.62. The number of hydrogen-bond donors (Lipinski definition) is 1. The molecule has 2 amide bonds. The van der Waals surface area contributed by atoms with Crippen LogP contribution in [0.3, 0.4) is 0 Å². The molecule has 0 aliphatic carbocycles. The second kappa shape index (κ2) is 11.0. The molecule has 1 atom stereocenters. The molecule has 1 aliphatic rings. The summed E-state index contributed by atoms with van der Waals surface area (Å²) in [5.41, 5.74) is 0.502. The SMILES string of the molecule is CC[C@@H](C(=O)NC(C)(C)C)N(Cc1ccc(Cl)cc1)C(=O)CN(c1ccc2c(c1)OCO2)S(C)(=O)=O. The maximum absolute atomic E-state index is 13.7. The molecule has 0 spiro atoms. The minimum absolute atomic E-state index is 0.0343. The Morgan fingerprint density at radius 1 is 1.08 bits per heavy atom. The zero-order valence-corrected chi connectivity index (χ0v) is 22.6. The smallest absolute Gasteiger partial charge is 0.244 e. The van der Waals surface area contributed by atoms with Crippen molar-refractivity contribution < 1.29 is 27.5 Å². The van der Waals surface area contributed by atoms with E-state index in [1.54, 1.807) is 43.3 Å². The first-order valence-corrected chi connectivity index (χ1v) is 13.7. The van der Waals surface area contributed by atoms with E-state index in [1.165, 1.54) is 11.0 Å². The topological polar surface area (TPSA) is 105 Å². The van der Waals surface area contributed by atoms with Gasteiger partial charge in [0.25, 0.3) is 0 Å². The summed E-state index contributed by atoms with van der Waals surface area (Å²) in [4.78, 5) is 28.3. The van der Waals surface area contributed by atoms with Gasteiger partial charge in [-0.1, -0.05) is 30.7 Å². The first-order valence-electron chi connectivity index (χ1n) is 11.5. The van der Waals surface area contributed by atoms with Gasteiger partial charge in [0.2, 0.25) is 28.6 Å². The molecule has 2 aromatic carbocycles. The summed E-state index contributed by atoms with van der Waals surface area (Å²) >= 11 is 6.01. The molecule has 1 aliphatic heterocycles. The molecule has 0 saturated heterocycles. The zero-order valence-electron chi connectivity index (χ0n) is 21.1. The van der Waals surface area contributed by atoms with Crippen LogP contribution in [0.1, 0.15) is 39.7 Å². The van der Waals surface area contributed by atoms with Crippen molar-refractivity contribution in [2.24, 2.45) is 0 Å². The van der Waals surface area contributed by atoms with Gasteiger partial charge in [0.15, 0.2) is 11.5 Å². The van der Waals surface area contributed by atoms with E-state index in [4.69, 9.17) is 21.1 Å². The normalized spacial score (nSPS) is 13.7. The fourth-order valence-corrected chi connectivity index (χ4v) is 4.78. The third-order valence-corrected chi connectivity index (χ3v) is 6.87. The molecule has 1 N–H and O–H groups in total. The predicted molar refractivity (Wildman–Crippen MR) is 139 cm³/mol. The highest BCUT2D eigenvalue weighted by atomic mass is 35.5. The number of ether oxygens (including phenoxy) is 2. The molecule has 11 heteroatoms. The highest BCUT2D eigenvalue weighted by Crippen LogP contribution is 2.36. The fourth-order valence-electron chi connectivity index (χ4n) is 3.81. The van der Waals surface area contributed by atoms with Crippen LogP contribution in [0, 0.1) is 0 Å². The lowest BCUT2D eigenvalue weighted by Crippen LogP contribution is -2.55. The van der Waals surface area contributed by atoms with Crippen LogP contribution in [0.25, 0.3) is 0 Å². The van der Waals surface area contributed by atoms with E-state index in [9.17, 15) is 18.0 Å². The molecule has 0 radical (unpaired) electrons. The Bertz CT molecular complexity index is 1210. The number of rotatable bonds is 9. The number of benzene rings is 2. The van der Waals surface area contributed by atoms with Gasteiger partial charge in [-0.15, -0.1) is 0 Å². The summed E-state index contributed by atoms with van der Waals surface area (Å²) in [6.07, 6.45) is 1.36. The average molecular weight is 538 g/mol. The van der Waals surface area contributed by atoms with Crippen LogP contribution in [-0.2, 0) is 26.2 Å². The van der Waals surface area contributed by atoms with Gasteiger partial charge < -0.3 is 19.7 Å². The van der Waals surface area contributed by atoms with Crippen LogP contribution in [0.4, 0.5) is 5.69 Å². The summed E-state index contributed by atoms with van der Waals surface area (Å²) in [6, 6.07) is 10.8. The van der Waals surface area contributed by atoms with Gasteiger partial charge in [-0.05, 0) is 57.0 Å². The molecule has 0 bridgehead atoms. The highest BCUT2D eigenvalue weighted by molar-refractivity contribution is 7.92. The van der Waals surface area contributed by atoms with Gasteiger partial charge in [-0.3, -0.25) is 13.9 Å². The molecule has 36 heavy (non-hydrogen) atoms. The average Bonchev–Trinajstić information content (AvgIpc) is 3.24. The van der Waals surface area contributed by atoms with E-state index < -0.39 is 34.1 Å². The monoisotopic (exact) mass is 537 g/mol. The summed E-state index contributed by atoms with van der Waals surface area (Å²) in [7, 11) is -3.85. The number of amides is 2. The Morgan fingerprint density at radius 3 is 2.31 bits per heavy atom. The van der Waals surface area contributed by atoms with E-state index in [-0.39, 0.29) is 24.9 Å². The van der Waals surface area contributed by atoms with Crippen molar-refractivity contribution in [2.45, 2.75) is 52.2 Å². The van der Waals surface area contributed by atoms with Crippen molar-refractivity contribution in [3.63, 3.8) is 0 Å². The van der Waals surface area contributed by atoms with E-state index in [1.807, 2.05) is 20.8 Å². The zero-order chi connectivity index (χ0) is 26.7. The summed E-state index contributed by atoms with van der Waals surface area (Å²) in [5, 5.41) is 3.47. The van der Waals surface area contributed by atoms with Crippen molar-refractivity contribution in [3.8, 4) is 11.5 Å². The van der Waals surface area contributed by atoms with E-state index >= 15 is 0 Å². The number of sulfonamides is 1. The van der Waals surface area contributed by atoms with Crippen molar-refractivity contribution in [1.29, 1.82) is 0 Å². The molecule has 2 aromatic rings. The lowest BCUT2D eigenvalue weighted by Gasteiger charge is -2.34. The molecule has 1 heterocycles. The van der Waals surface area contributed by atoms with Gasteiger partial charge in [0.1, 0.15) is 12.6 Å². The second-order valence-corrected chi connectivity index (χ2v) is 12.0. The molecule has 0 saturated carbocycles. The standard InChI is InChI=1S/C25H32ClN3O6S/c1-6-20(24(31)27-25(2,3)4)28(14-17-7-9-18(26)10-8-17)23(30)15-29(36(5,32)33)19-11-12-21-22(13-19)35-16-34-21/h7-13,20H,6,14-16H2,1-5H3,(H,27,31)/t20-/m0/s1. The molecule has 196 valence electrons. The quantitative estimate of drug-likeness (QED) is 0.524. The Balaban J connectivity index is 1.95. The van der Waals surface area contributed by atoms with Crippen molar-refractivity contribution in [2.75, 3.05) is 23.9 Å². The first-order chi connectivity index (χ1) is 16.8. The highest BCUT2D eigenvalue weighted by Gasteiger charge is 2.33. The Labute approximate surface area is 217 Å². The van der Waals surface area contributed by atoms with Gasteiger partial charge in [0.05, 0.1) is 11.9 Å². The lowest BCUT2D eigenvalue weighted by molar-refractivity contribution is -0.141. The van der Waals surface area contributed by atoms with Crippen LogP contribution in [0.15, 0.2) is 42.5 Å². The summed E-state index contributed by atoms with van der Waals surface area (Å²) in [5.74, 6) is 0.0423. The Hall–Kier alpha value is -2.98. The number of halogens is 1. The van der Waals surface area contributed by atoms with Crippen molar-refractivity contribution in [3.05, 3.63) is 53.1 Å². The number of nitrogens with one attached hydrogen (secondary N) is 1. The largest absolute Gasteiger partial charge is 0.454 e. The molecular formula is C25H32ClN3O6S. The lowest BCUT2D eigenvalue weighted by atomic mass is 10.1. The third kappa shape index (κ3) is 7.04. The number of anilines is 1. The van der Waals surface area contributed by atoms with E-state index in [0.29, 0.717) is 22.9 Å². The number of fused-ring (bicyclic) bond motifs is 1. The van der Waals surface area contributed by atoms with Crippen LogP contribution in [-0.4, -0.2) is 56.3 Å². The predicted octanol–water partition coefficient (Wildman–Crippen LogP) is 3.56. The van der Waals surface area contributed by atoms with Gasteiger partial charge in [-0.25, -0.2) is 8.42 Å². The fraction of sp³-hybridized carbons (Fsp3) is 0.440. The van der Waals surface area contributed by atoms with Crippen LogP contribution >= 0.6 is 11.6 Å². The maximum atomic E-state index is 13.7.